The quantitative estimate of drug-likeness (QED) is 0.634. The highest BCUT2D eigenvalue weighted by Gasteiger charge is 2.12. The van der Waals surface area contributed by atoms with Gasteiger partial charge in [0.25, 0.3) is 0 Å². The first-order valence-corrected chi connectivity index (χ1v) is 6.92. The normalized spacial score (nSPS) is 10.3. The first-order chi connectivity index (χ1) is 9.10. The van der Waals surface area contributed by atoms with Gasteiger partial charge in [-0.15, -0.1) is 0 Å². The zero-order chi connectivity index (χ0) is 13.8. The summed E-state index contributed by atoms with van der Waals surface area (Å²) in [6.07, 6.45) is 0. The molecule has 2 aromatic rings. The van der Waals surface area contributed by atoms with Crippen LogP contribution in [0.15, 0.2) is 34.7 Å². The Labute approximate surface area is 129 Å². The van der Waals surface area contributed by atoms with Crippen LogP contribution in [-0.2, 0) is 11.3 Å². The Hall–Kier alpha value is -1.21. The van der Waals surface area contributed by atoms with Crippen LogP contribution in [0.5, 0.6) is 0 Å². The average molecular weight is 392 g/mol. The molecular formula is C13H11ClINO3. The highest BCUT2D eigenvalue weighted by atomic mass is 127. The van der Waals surface area contributed by atoms with E-state index in [9.17, 15) is 4.79 Å². The summed E-state index contributed by atoms with van der Waals surface area (Å²) in [5.74, 6) is 0.369. The number of nitrogens with one attached hydrogen (secondary N) is 1. The van der Waals surface area contributed by atoms with Crippen LogP contribution in [-0.4, -0.2) is 13.1 Å². The van der Waals surface area contributed by atoms with E-state index in [1.54, 1.807) is 18.2 Å². The maximum absolute atomic E-state index is 11.6. The maximum atomic E-state index is 11.6. The number of esters is 1. The number of ether oxygens (including phenoxy) is 1. The van der Waals surface area contributed by atoms with Crippen molar-refractivity contribution in [3.05, 3.63) is 50.4 Å². The number of methoxy groups -OCH3 is 1. The van der Waals surface area contributed by atoms with Gasteiger partial charge < -0.3 is 14.5 Å². The summed E-state index contributed by atoms with van der Waals surface area (Å²) in [6.45, 7) is 0.466. The van der Waals surface area contributed by atoms with Gasteiger partial charge in [-0.1, -0.05) is 11.6 Å². The molecule has 0 saturated heterocycles. The number of hydrogen-bond donors (Lipinski definition) is 1. The number of halogens is 2. The lowest BCUT2D eigenvalue weighted by atomic mass is 10.1. The first-order valence-electron chi connectivity index (χ1n) is 5.46. The number of furan rings is 1. The van der Waals surface area contributed by atoms with Crippen LogP contribution < -0.4 is 5.32 Å². The molecule has 1 N–H and O–H groups in total. The fraction of sp³-hybridized carbons (Fsp3) is 0.154. The third-order valence-electron chi connectivity index (χ3n) is 2.47. The fourth-order valence-corrected chi connectivity index (χ4v) is 2.21. The van der Waals surface area contributed by atoms with Gasteiger partial charge in [0.15, 0.2) is 3.77 Å². The fourth-order valence-electron chi connectivity index (χ4n) is 1.58. The highest BCUT2D eigenvalue weighted by Crippen LogP contribution is 2.23. The number of rotatable bonds is 4. The van der Waals surface area contributed by atoms with Gasteiger partial charge in [0.2, 0.25) is 0 Å². The molecule has 1 aromatic heterocycles. The van der Waals surface area contributed by atoms with Gasteiger partial charge in [-0.05, 0) is 52.9 Å². The molecule has 1 heterocycles. The van der Waals surface area contributed by atoms with Crippen LogP contribution >= 0.6 is 34.2 Å². The van der Waals surface area contributed by atoms with Gasteiger partial charge in [-0.3, -0.25) is 0 Å². The van der Waals surface area contributed by atoms with Gasteiger partial charge in [0.1, 0.15) is 5.76 Å². The molecule has 1 aromatic carbocycles. The lowest BCUT2D eigenvalue weighted by molar-refractivity contribution is 0.0602. The third-order valence-corrected chi connectivity index (χ3v) is 3.28. The van der Waals surface area contributed by atoms with Gasteiger partial charge in [-0.2, -0.15) is 0 Å². The molecule has 4 nitrogen and oxygen atoms in total. The van der Waals surface area contributed by atoms with Crippen LogP contribution in [0, 0.1) is 3.77 Å². The SMILES string of the molecule is COC(=O)c1ccc(Cl)cc1NCc1ccc(I)o1. The predicted octanol–water partition coefficient (Wildman–Crippen LogP) is 3.94. The number of benzene rings is 1. The number of anilines is 1. The van der Waals surface area contributed by atoms with E-state index in [1.165, 1.54) is 7.11 Å². The van der Waals surface area contributed by atoms with E-state index in [1.807, 2.05) is 12.1 Å². The van der Waals surface area contributed by atoms with Crippen molar-refractivity contribution >= 4 is 45.8 Å². The van der Waals surface area contributed by atoms with Crippen molar-refractivity contribution < 1.29 is 13.9 Å². The molecule has 0 aliphatic rings. The lowest BCUT2D eigenvalue weighted by Crippen LogP contribution is -2.08. The van der Waals surface area contributed by atoms with Crippen LogP contribution in [0.1, 0.15) is 16.1 Å². The summed E-state index contributed by atoms with van der Waals surface area (Å²) < 4.78 is 11.0. The van der Waals surface area contributed by atoms with Crippen molar-refractivity contribution in [3.63, 3.8) is 0 Å². The molecule has 0 aliphatic heterocycles. The Morgan fingerprint density at radius 2 is 2.21 bits per heavy atom. The van der Waals surface area contributed by atoms with Crippen molar-refractivity contribution in [2.24, 2.45) is 0 Å². The zero-order valence-corrected chi connectivity index (χ0v) is 13.0. The van der Waals surface area contributed by atoms with Gasteiger partial charge in [0, 0.05) is 5.02 Å². The molecule has 2 rings (SSSR count). The molecule has 0 unspecified atom stereocenters. The Kier molecular flexibility index (Phi) is 4.71. The van der Waals surface area contributed by atoms with Crippen molar-refractivity contribution in [1.82, 2.24) is 0 Å². The van der Waals surface area contributed by atoms with Gasteiger partial charge in [-0.25, -0.2) is 4.79 Å². The minimum absolute atomic E-state index is 0.409. The summed E-state index contributed by atoms with van der Waals surface area (Å²) >= 11 is 8.03. The Morgan fingerprint density at radius 1 is 1.42 bits per heavy atom. The average Bonchev–Trinajstić information content (AvgIpc) is 2.81. The predicted molar refractivity (Wildman–Crippen MR) is 81.5 cm³/mol. The van der Waals surface area contributed by atoms with Gasteiger partial charge in [0.05, 0.1) is 24.9 Å². The van der Waals surface area contributed by atoms with Crippen LogP contribution in [0.2, 0.25) is 5.02 Å². The van der Waals surface area contributed by atoms with Crippen molar-refractivity contribution in [3.8, 4) is 0 Å². The molecular weight excluding hydrogens is 381 g/mol. The van der Waals surface area contributed by atoms with Crippen LogP contribution in [0.3, 0.4) is 0 Å². The molecule has 0 spiro atoms. The van der Waals surface area contributed by atoms with Gasteiger partial charge >= 0.3 is 5.97 Å². The number of carbonyl (C=O) groups is 1. The van der Waals surface area contributed by atoms with E-state index in [-0.39, 0.29) is 0 Å². The zero-order valence-electron chi connectivity index (χ0n) is 10.1. The largest absolute Gasteiger partial charge is 0.465 e. The Morgan fingerprint density at radius 3 is 2.84 bits per heavy atom. The minimum atomic E-state index is -0.409. The molecule has 0 saturated carbocycles. The van der Waals surface area contributed by atoms with E-state index < -0.39 is 5.97 Å². The van der Waals surface area contributed by atoms with E-state index in [4.69, 9.17) is 20.8 Å². The summed E-state index contributed by atoms with van der Waals surface area (Å²) in [6, 6.07) is 8.70. The second-order valence-electron chi connectivity index (χ2n) is 3.74. The van der Waals surface area contributed by atoms with E-state index in [0.717, 1.165) is 9.53 Å². The van der Waals surface area contributed by atoms with Crippen LogP contribution in [0.4, 0.5) is 5.69 Å². The summed E-state index contributed by atoms with van der Waals surface area (Å²) in [5, 5.41) is 3.66. The molecule has 0 bridgehead atoms. The number of hydrogen-bond acceptors (Lipinski definition) is 4. The molecule has 19 heavy (non-hydrogen) atoms. The van der Waals surface area contributed by atoms with E-state index in [2.05, 4.69) is 27.9 Å². The number of carbonyl (C=O) groups excluding carboxylic acids is 1. The lowest BCUT2D eigenvalue weighted by Gasteiger charge is -2.10. The third kappa shape index (κ3) is 3.63. The Balaban J connectivity index is 2.18. The van der Waals surface area contributed by atoms with Crippen molar-refractivity contribution in [1.29, 1.82) is 0 Å². The standard InChI is InChI=1S/C13H11ClINO3/c1-18-13(17)10-4-2-8(14)6-11(10)16-7-9-3-5-12(15)19-9/h2-6,16H,7H2,1H3. The molecule has 0 aliphatic carbocycles. The molecule has 100 valence electrons. The topological polar surface area (TPSA) is 51.5 Å². The van der Waals surface area contributed by atoms with Crippen molar-refractivity contribution in [2.75, 3.05) is 12.4 Å². The molecule has 0 atom stereocenters. The summed E-state index contributed by atoms with van der Waals surface area (Å²) in [4.78, 5) is 11.6. The van der Waals surface area contributed by atoms with Crippen LogP contribution in [0.25, 0.3) is 0 Å². The molecule has 0 fully saturated rings. The maximum Gasteiger partial charge on any atom is 0.339 e. The van der Waals surface area contributed by atoms with Crippen molar-refractivity contribution in [2.45, 2.75) is 6.54 Å². The monoisotopic (exact) mass is 391 g/mol. The summed E-state index contributed by atoms with van der Waals surface area (Å²) in [7, 11) is 1.34. The highest BCUT2D eigenvalue weighted by molar-refractivity contribution is 14.1. The Bertz CT molecular complexity index is 597. The second kappa shape index (κ2) is 6.29. The first kappa shape index (κ1) is 14.2. The molecule has 0 radical (unpaired) electrons. The smallest absolute Gasteiger partial charge is 0.339 e. The summed E-state index contributed by atoms with van der Waals surface area (Å²) in [5.41, 5.74) is 1.05. The van der Waals surface area contributed by atoms with E-state index >= 15 is 0 Å². The second-order valence-corrected chi connectivity index (χ2v) is 5.24. The molecule has 0 amide bonds. The molecule has 6 heteroatoms. The van der Waals surface area contributed by atoms with E-state index in [0.29, 0.717) is 22.8 Å². The minimum Gasteiger partial charge on any atom is -0.465 e.